The van der Waals surface area contributed by atoms with E-state index in [2.05, 4.69) is 38.5 Å². The van der Waals surface area contributed by atoms with Crippen molar-refractivity contribution < 1.29 is 4.74 Å². The van der Waals surface area contributed by atoms with Crippen molar-refractivity contribution in [3.63, 3.8) is 0 Å². The van der Waals surface area contributed by atoms with Crippen LogP contribution in [0.25, 0.3) is 0 Å². The number of fused-ring (bicyclic) bond motifs is 1. The minimum absolute atomic E-state index is 0.312. The monoisotopic (exact) mass is 194 g/mol. The molecule has 0 bridgehead atoms. The van der Waals surface area contributed by atoms with Gasteiger partial charge in [0.05, 0.1) is 0 Å². The standard InChI is InChI=1S/C11H18N2O/c1-4-12-13-6-5-10-11(14-10)9(7-13)8(2)3/h5-8,10-12H,4H2,1-3H3. The molecule has 2 aliphatic heterocycles. The zero-order valence-corrected chi connectivity index (χ0v) is 9.03. The molecule has 1 saturated heterocycles. The maximum atomic E-state index is 5.55. The Morgan fingerprint density at radius 3 is 3.00 bits per heavy atom. The van der Waals surface area contributed by atoms with Crippen LogP contribution in [0.2, 0.25) is 0 Å². The number of hydrogen-bond acceptors (Lipinski definition) is 3. The van der Waals surface area contributed by atoms with Gasteiger partial charge in [-0.15, -0.1) is 0 Å². The van der Waals surface area contributed by atoms with Gasteiger partial charge in [-0.25, -0.2) is 5.43 Å². The lowest BCUT2D eigenvalue weighted by Crippen LogP contribution is -2.29. The highest BCUT2D eigenvalue weighted by molar-refractivity contribution is 5.25. The van der Waals surface area contributed by atoms with E-state index in [4.69, 9.17) is 4.74 Å². The van der Waals surface area contributed by atoms with Crippen molar-refractivity contribution in [2.24, 2.45) is 5.92 Å². The van der Waals surface area contributed by atoms with E-state index in [-0.39, 0.29) is 0 Å². The molecule has 0 radical (unpaired) electrons. The number of hydrazine groups is 1. The summed E-state index contributed by atoms with van der Waals surface area (Å²) in [7, 11) is 0. The van der Waals surface area contributed by atoms with Crippen molar-refractivity contribution in [2.75, 3.05) is 6.54 Å². The topological polar surface area (TPSA) is 27.8 Å². The van der Waals surface area contributed by atoms with Gasteiger partial charge in [0, 0.05) is 18.9 Å². The molecular weight excluding hydrogens is 176 g/mol. The van der Waals surface area contributed by atoms with Crippen LogP contribution in [0.5, 0.6) is 0 Å². The first kappa shape index (κ1) is 9.74. The molecular formula is C11H18N2O. The lowest BCUT2D eigenvalue weighted by Gasteiger charge is -2.18. The molecule has 0 aromatic rings. The van der Waals surface area contributed by atoms with Crippen LogP contribution in [0.1, 0.15) is 20.8 Å². The normalized spacial score (nSPS) is 30.0. The Morgan fingerprint density at radius 1 is 1.57 bits per heavy atom. The van der Waals surface area contributed by atoms with Gasteiger partial charge in [-0.05, 0) is 17.6 Å². The molecule has 0 aromatic carbocycles. The molecule has 1 N–H and O–H groups in total. The maximum Gasteiger partial charge on any atom is 0.111 e. The second-order valence-corrected chi connectivity index (χ2v) is 4.07. The lowest BCUT2D eigenvalue weighted by molar-refractivity contribution is 0.347. The molecule has 0 aromatic heterocycles. The van der Waals surface area contributed by atoms with Gasteiger partial charge in [-0.2, -0.15) is 0 Å². The average molecular weight is 194 g/mol. The number of nitrogens with zero attached hydrogens (tertiary/aromatic N) is 1. The average Bonchev–Trinajstić information content (AvgIpc) is 2.86. The van der Waals surface area contributed by atoms with Crippen molar-refractivity contribution >= 4 is 0 Å². The van der Waals surface area contributed by atoms with Gasteiger partial charge in [0.2, 0.25) is 0 Å². The third-order valence-corrected chi connectivity index (χ3v) is 2.59. The first-order valence-electron chi connectivity index (χ1n) is 5.29. The predicted molar refractivity (Wildman–Crippen MR) is 56.2 cm³/mol. The van der Waals surface area contributed by atoms with Crippen LogP contribution >= 0.6 is 0 Å². The molecule has 2 aliphatic rings. The fourth-order valence-electron chi connectivity index (χ4n) is 1.75. The van der Waals surface area contributed by atoms with Gasteiger partial charge in [-0.1, -0.05) is 20.8 Å². The molecule has 2 unspecified atom stereocenters. The van der Waals surface area contributed by atoms with Crippen molar-refractivity contribution in [1.29, 1.82) is 0 Å². The van der Waals surface area contributed by atoms with Crippen LogP contribution < -0.4 is 5.43 Å². The molecule has 14 heavy (non-hydrogen) atoms. The van der Waals surface area contributed by atoms with Crippen LogP contribution in [0.15, 0.2) is 24.0 Å². The first-order valence-corrected chi connectivity index (χ1v) is 5.29. The van der Waals surface area contributed by atoms with Crippen LogP contribution in [-0.4, -0.2) is 23.8 Å². The van der Waals surface area contributed by atoms with Gasteiger partial charge >= 0.3 is 0 Å². The highest BCUT2D eigenvalue weighted by atomic mass is 16.6. The van der Waals surface area contributed by atoms with Gasteiger partial charge < -0.3 is 4.74 Å². The van der Waals surface area contributed by atoms with Gasteiger partial charge in [0.1, 0.15) is 12.2 Å². The summed E-state index contributed by atoms with van der Waals surface area (Å²) in [6, 6.07) is 0. The first-order chi connectivity index (χ1) is 6.72. The van der Waals surface area contributed by atoms with E-state index >= 15 is 0 Å². The predicted octanol–water partition coefficient (Wildman–Crippen LogP) is 1.65. The molecule has 1 fully saturated rings. The second kappa shape index (κ2) is 3.75. The van der Waals surface area contributed by atoms with Crippen molar-refractivity contribution in [3.8, 4) is 0 Å². The molecule has 0 aliphatic carbocycles. The molecule has 0 saturated carbocycles. The Balaban J connectivity index is 2.13. The Hall–Kier alpha value is -0.800. The maximum absolute atomic E-state index is 5.55. The zero-order valence-electron chi connectivity index (χ0n) is 9.03. The summed E-state index contributed by atoms with van der Waals surface area (Å²) in [6.07, 6.45) is 6.95. The van der Waals surface area contributed by atoms with E-state index in [0.717, 1.165) is 6.54 Å². The minimum Gasteiger partial charge on any atom is -0.360 e. The molecule has 2 rings (SSSR count). The molecule has 2 heterocycles. The van der Waals surface area contributed by atoms with E-state index in [9.17, 15) is 0 Å². The summed E-state index contributed by atoms with van der Waals surface area (Å²) in [5.41, 5.74) is 4.64. The van der Waals surface area contributed by atoms with E-state index in [1.807, 2.05) is 11.2 Å². The van der Waals surface area contributed by atoms with Gasteiger partial charge in [0.25, 0.3) is 0 Å². The number of hydrogen-bond donors (Lipinski definition) is 1. The Kier molecular flexibility index (Phi) is 2.61. The Labute approximate surface area is 85.4 Å². The largest absolute Gasteiger partial charge is 0.360 e. The molecule has 78 valence electrons. The van der Waals surface area contributed by atoms with Crippen LogP contribution in [-0.2, 0) is 4.74 Å². The van der Waals surface area contributed by atoms with Crippen LogP contribution in [0.4, 0.5) is 0 Å². The van der Waals surface area contributed by atoms with E-state index in [1.54, 1.807) is 0 Å². The summed E-state index contributed by atoms with van der Waals surface area (Å²) in [4.78, 5) is 0. The number of rotatable bonds is 3. The summed E-state index contributed by atoms with van der Waals surface area (Å²) in [5, 5.41) is 2.03. The van der Waals surface area contributed by atoms with Crippen LogP contribution in [0.3, 0.4) is 0 Å². The Bertz CT molecular complexity index is 270. The molecule has 2 atom stereocenters. The van der Waals surface area contributed by atoms with Crippen molar-refractivity contribution in [2.45, 2.75) is 33.0 Å². The smallest absolute Gasteiger partial charge is 0.111 e. The summed E-state index contributed by atoms with van der Waals surface area (Å²) in [5.74, 6) is 0.547. The quantitative estimate of drug-likeness (QED) is 0.692. The fraction of sp³-hybridized carbons (Fsp3) is 0.636. The number of ether oxygens (including phenoxy) is 1. The summed E-state index contributed by atoms with van der Waals surface area (Å²) in [6.45, 7) is 7.45. The Morgan fingerprint density at radius 2 is 2.36 bits per heavy atom. The third kappa shape index (κ3) is 1.83. The number of epoxide rings is 1. The molecule has 3 heteroatoms. The summed E-state index contributed by atoms with van der Waals surface area (Å²) >= 11 is 0. The summed E-state index contributed by atoms with van der Waals surface area (Å²) < 4.78 is 5.55. The molecule has 0 spiro atoms. The SMILES string of the molecule is CCNN1C=CC2OC2C(C(C)C)=C1. The number of nitrogens with one attached hydrogen (secondary N) is 1. The molecule has 3 nitrogen and oxygen atoms in total. The second-order valence-electron chi connectivity index (χ2n) is 4.07. The fourth-order valence-corrected chi connectivity index (χ4v) is 1.75. The molecule has 0 amide bonds. The van der Waals surface area contributed by atoms with Gasteiger partial charge in [0.15, 0.2) is 0 Å². The van der Waals surface area contributed by atoms with Gasteiger partial charge in [-0.3, -0.25) is 5.01 Å². The van der Waals surface area contributed by atoms with E-state index in [1.165, 1.54) is 5.57 Å². The van der Waals surface area contributed by atoms with Crippen molar-refractivity contribution in [1.82, 2.24) is 10.4 Å². The highest BCUT2D eigenvalue weighted by Crippen LogP contribution is 2.35. The van der Waals surface area contributed by atoms with E-state index in [0.29, 0.717) is 18.1 Å². The lowest BCUT2D eigenvalue weighted by atomic mass is 10.00. The minimum atomic E-state index is 0.312. The zero-order chi connectivity index (χ0) is 10.1. The van der Waals surface area contributed by atoms with Crippen molar-refractivity contribution in [3.05, 3.63) is 24.0 Å². The highest BCUT2D eigenvalue weighted by Gasteiger charge is 2.41. The van der Waals surface area contributed by atoms with E-state index < -0.39 is 0 Å². The third-order valence-electron chi connectivity index (χ3n) is 2.59. The van der Waals surface area contributed by atoms with Crippen LogP contribution in [0, 0.1) is 5.92 Å².